The van der Waals surface area contributed by atoms with Gasteiger partial charge in [0.05, 0.1) is 11.7 Å². The molecule has 124 valence electrons. The van der Waals surface area contributed by atoms with Gasteiger partial charge in [0.1, 0.15) is 19.7 Å². The van der Waals surface area contributed by atoms with E-state index in [-0.39, 0.29) is 6.10 Å². The Balaban J connectivity index is 1.98. The molecule has 0 atom stereocenters. The first-order valence-electron chi connectivity index (χ1n) is 7.80. The maximum Gasteiger partial charge on any atom is 0.258 e. The predicted molar refractivity (Wildman–Crippen MR) is 98.8 cm³/mol. The van der Waals surface area contributed by atoms with Gasteiger partial charge in [0, 0.05) is 16.1 Å². The van der Waals surface area contributed by atoms with Gasteiger partial charge in [-0.2, -0.15) is 10.2 Å². The molecule has 25 heavy (non-hydrogen) atoms. The molecule has 0 aliphatic heterocycles. The summed E-state index contributed by atoms with van der Waals surface area (Å²) in [6.07, 6.45) is -0.0172. The molecule has 0 aliphatic rings. The van der Waals surface area contributed by atoms with Crippen molar-refractivity contribution in [2.24, 2.45) is 0 Å². The topological polar surface area (TPSA) is 71.9 Å². The molecule has 0 radical (unpaired) electrons. The molecule has 0 unspecified atom stereocenters. The molecular weight excluding hydrogens is 336 g/mol. The SMILES string of the molecule is Bc1cccc(-c2noc(-c3ccc(OC(C)C)c(C#N)c3)n2)c1Cl. The van der Waals surface area contributed by atoms with Crippen LogP contribution in [0.3, 0.4) is 0 Å². The van der Waals surface area contributed by atoms with E-state index in [0.717, 1.165) is 5.46 Å². The number of ether oxygens (including phenoxy) is 1. The maximum absolute atomic E-state index is 9.34. The Morgan fingerprint density at radius 3 is 2.80 bits per heavy atom. The summed E-state index contributed by atoms with van der Waals surface area (Å²) in [4.78, 5) is 4.41. The zero-order valence-electron chi connectivity index (χ0n) is 14.1. The molecule has 3 aromatic rings. The van der Waals surface area contributed by atoms with Crippen LogP contribution in [0, 0.1) is 11.3 Å². The molecule has 0 spiro atoms. The van der Waals surface area contributed by atoms with E-state index < -0.39 is 0 Å². The van der Waals surface area contributed by atoms with Crippen LogP contribution in [0.4, 0.5) is 0 Å². The van der Waals surface area contributed by atoms with E-state index in [1.165, 1.54) is 0 Å². The number of nitriles is 1. The first kappa shape index (κ1) is 17.1. The third-order valence-electron chi connectivity index (χ3n) is 3.57. The summed E-state index contributed by atoms with van der Waals surface area (Å²) >= 11 is 6.32. The van der Waals surface area contributed by atoms with Crippen molar-refractivity contribution in [1.29, 1.82) is 5.26 Å². The number of hydrogen-bond donors (Lipinski definition) is 0. The Morgan fingerprint density at radius 1 is 1.28 bits per heavy atom. The van der Waals surface area contributed by atoms with Crippen LogP contribution in [0.2, 0.25) is 5.02 Å². The van der Waals surface area contributed by atoms with Gasteiger partial charge in [0.25, 0.3) is 5.89 Å². The Kier molecular flexibility index (Phi) is 4.78. The van der Waals surface area contributed by atoms with Gasteiger partial charge >= 0.3 is 0 Å². The molecule has 0 aliphatic carbocycles. The van der Waals surface area contributed by atoms with Crippen molar-refractivity contribution >= 4 is 24.9 Å². The number of rotatable bonds is 4. The Bertz CT molecular complexity index is 963. The van der Waals surface area contributed by atoms with E-state index in [1.54, 1.807) is 18.2 Å². The van der Waals surface area contributed by atoms with Crippen molar-refractivity contribution in [2.75, 3.05) is 0 Å². The lowest BCUT2D eigenvalue weighted by Gasteiger charge is -2.11. The first-order valence-corrected chi connectivity index (χ1v) is 8.17. The van der Waals surface area contributed by atoms with Crippen molar-refractivity contribution in [3.8, 4) is 34.7 Å². The van der Waals surface area contributed by atoms with Gasteiger partial charge in [-0.3, -0.25) is 0 Å². The summed E-state index contributed by atoms with van der Waals surface area (Å²) in [7, 11) is 1.92. The van der Waals surface area contributed by atoms with E-state index in [4.69, 9.17) is 20.9 Å². The molecule has 0 saturated carbocycles. The summed E-state index contributed by atoms with van der Waals surface area (Å²) < 4.78 is 11.0. The van der Waals surface area contributed by atoms with Crippen LogP contribution in [-0.4, -0.2) is 24.1 Å². The average molecular weight is 352 g/mol. The lowest BCUT2D eigenvalue weighted by atomic mass is 9.94. The fraction of sp³-hybridized carbons (Fsp3) is 0.167. The van der Waals surface area contributed by atoms with Crippen molar-refractivity contribution in [2.45, 2.75) is 20.0 Å². The van der Waals surface area contributed by atoms with Crippen LogP contribution in [0.25, 0.3) is 22.8 Å². The van der Waals surface area contributed by atoms with Crippen LogP contribution < -0.4 is 10.2 Å². The number of hydrogen-bond acceptors (Lipinski definition) is 5. The molecule has 0 amide bonds. The molecule has 2 aromatic carbocycles. The second-order valence-corrected chi connectivity index (χ2v) is 6.23. The molecule has 1 aromatic heterocycles. The molecule has 1 heterocycles. The summed E-state index contributed by atoms with van der Waals surface area (Å²) in [5.41, 5.74) is 2.71. The third kappa shape index (κ3) is 3.52. The van der Waals surface area contributed by atoms with Gasteiger partial charge in [-0.25, -0.2) is 0 Å². The minimum atomic E-state index is -0.0172. The van der Waals surface area contributed by atoms with Gasteiger partial charge in [0.15, 0.2) is 0 Å². The summed E-state index contributed by atoms with van der Waals surface area (Å²) in [6.45, 7) is 3.82. The van der Waals surface area contributed by atoms with Crippen LogP contribution >= 0.6 is 11.6 Å². The quantitative estimate of drug-likeness (QED) is 0.676. The largest absolute Gasteiger partial charge is 0.490 e. The van der Waals surface area contributed by atoms with Crippen molar-refractivity contribution < 1.29 is 9.26 Å². The Labute approximate surface area is 151 Å². The minimum Gasteiger partial charge on any atom is -0.490 e. The maximum atomic E-state index is 9.34. The fourth-order valence-electron chi connectivity index (χ4n) is 2.38. The van der Waals surface area contributed by atoms with Crippen molar-refractivity contribution in [3.05, 3.63) is 47.0 Å². The number of aromatic nitrogens is 2. The zero-order valence-corrected chi connectivity index (χ0v) is 14.8. The van der Waals surface area contributed by atoms with E-state index in [9.17, 15) is 5.26 Å². The van der Waals surface area contributed by atoms with Crippen LogP contribution in [-0.2, 0) is 0 Å². The first-order chi connectivity index (χ1) is 12.0. The number of benzene rings is 2. The van der Waals surface area contributed by atoms with Crippen molar-refractivity contribution in [3.63, 3.8) is 0 Å². The zero-order chi connectivity index (χ0) is 18.0. The normalized spacial score (nSPS) is 10.7. The second kappa shape index (κ2) is 7.00. The standard InChI is InChI=1S/C18H15BClN3O2/c1-10(2)24-15-7-6-11(8-12(15)9-21)18-22-17(23-25-18)13-4-3-5-14(19)16(13)20/h3-8,10H,19H2,1-2H3. The molecule has 0 saturated heterocycles. The molecule has 5 nitrogen and oxygen atoms in total. The lowest BCUT2D eigenvalue weighted by molar-refractivity contribution is 0.242. The number of halogens is 1. The van der Waals surface area contributed by atoms with E-state index in [2.05, 4.69) is 16.2 Å². The van der Waals surface area contributed by atoms with Crippen LogP contribution in [0.1, 0.15) is 19.4 Å². The van der Waals surface area contributed by atoms with Gasteiger partial charge < -0.3 is 9.26 Å². The summed E-state index contributed by atoms with van der Waals surface area (Å²) in [5, 5.41) is 13.9. The monoisotopic (exact) mass is 351 g/mol. The van der Waals surface area contributed by atoms with E-state index in [0.29, 0.717) is 39.2 Å². The average Bonchev–Trinajstić information content (AvgIpc) is 3.07. The van der Waals surface area contributed by atoms with Gasteiger partial charge in [-0.15, -0.1) is 0 Å². The third-order valence-corrected chi connectivity index (χ3v) is 4.07. The smallest absolute Gasteiger partial charge is 0.258 e. The van der Waals surface area contributed by atoms with Gasteiger partial charge in [0.2, 0.25) is 5.82 Å². The summed E-state index contributed by atoms with van der Waals surface area (Å²) in [6, 6.07) is 13.0. The summed E-state index contributed by atoms with van der Waals surface area (Å²) in [5.74, 6) is 1.26. The minimum absolute atomic E-state index is 0.0172. The molecule has 0 bridgehead atoms. The van der Waals surface area contributed by atoms with E-state index in [1.807, 2.05) is 39.9 Å². The Morgan fingerprint density at radius 2 is 2.08 bits per heavy atom. The fourth-order valence-corrected chi connectivity index (χ4v) is 2.59. The molecule has 0 fully saturated rings. The molecule has 3 rings (SSSR count). The highest BCUT2D eigenvalue weighted by Gasteiger charge is 2.16. The van der Waals surface area contributed by atoms with Crippen molar-refractivity contribution in [1.82, 2.24) is 10.1 Å². The number of nitrogens with zero attached hydrogens (tertiary/aromatic N) is 3. The molecule has 0 N–H and O–H groups in total. The highest BCUT2D eigenvalue weighted by Crippen LogP contribution is 2.29. The van der Waals surface area contributed by atoms with Gasteiger partial charge in [-0.05, 0) is 38.1 Å². The lowest BCUT2D eigenvalue weighted by Crippen LogP contribution is -2.06. The van der Waals surface area contributed by atoms with Crippen LogP contribution in [0.5, 0.6) is 5.75 Å². The van der Waals surface area contributed by atoms with Gasteiger partial charge in [-0.1, -0.05) is 34.4 Å². The second-order valence-electron chi connectivity index (χ2n) is 5.85. The molecular formula is C18H15BClN3O2. The highest BCUT2D eigenvalue weighted by atomic mass is 35.5. The van der Waals surface area contributed by atoms with Crippen LogP contribution in [0.15, 0.2) is 40.9 Å². The molecule has 7 heteroatoms. The van der Waals surface area contributed by atoms with E-state index >= 15 is 0 Å². The highest BCUT2D eigenvalue weighted by molar-refractivity contribution is 6.46. The predicted octanol–water partition coefficient (Wildman–Crippen LogP) is 2.97. The Hall–Kier alpha value is -2.78.